The molecule has 4 heteroatoms. The van der Waals surface area contributed by atoms with Crippen molar-refractivity contribution in [2.24, 2.45) is 0 Å². The zero-order valence-corrected chi connectivity index (χ0v) is 13.3. The molecule has 3 rings (SSSR count). The Hall–Kier alpha value is -0.528. The maximum Gasteiger partial charge on any atom is 0.0739 e. The molecule has 0 aliphatic rings. The molecular formula is C12H7NSi2Sn. The van der Waals surface area contributed by atoms with Gasteiger partial charge in [-0.2, -0.15) is 0 Å². The summed E-state index contributed by atoms with van der Waals surface area (Å²) < 4.78 is 0. The van der Waals surface area contributed by atoms with Gasteiger partial charge in [0.1, 0.15) is 0 Å². The van der Waals surface area contributed by atoms with Crippen LogP contribution in [-0.2, 0) is 0 Å². The minimum atomic E-state index is 0. The fourth-order valence-electron chi connectivity index (χ4n) is 1.92. The van der Waals surface area contributed by atoms with Crippen LogP contribution in [-0.4, -0.2) is 49.4 Å². The van der Waals surface area contributed by atoms with Crippen molar-refractivity contribution in [2.45, 2.75) is 0 Å². The standard InChI is InChI=1S/C12H7NSi2.Sn/c14-10-6-5-8-7-3-1-2-4-9(7)13-11(8)12(10)15;/h1-6,13H;. The molecule has 0 saturated heterocycles. The molecule has 0 aliphatic carbocycles. The van der Waals surface area contributed by atoms with Crippen molar-refractivity contribution >= 4 is 76.6 Å². The average Bonchev–Trinajstić information content (AvgIpc) is 2.63. The average molecular weight is 340 g/mol. The van der Waals surface area contributed by atoms with Crippen molar-refractivity contribution in [3.8, 4) is 0 Å². The second kappa shape index (κ2) is 4.39. The second-order valence-corrected chi connectivity index (χ2v) is 4.62. The summed E-state index contributed by atoms with van der Waals surface area (Å²) in [4.78, 5) is 3.41. The molecule has 1 aromatic heterocycles. The molecule has 0 aliphatic heterocycles. The van der Waals surface area contributed by atoms with Gasteiger partial charge in [-0.1, -0.05) is 35.5 Å². The number of aromatic nitrogens is 1. The topological polar surface area (TPSA) is 15.8 Å². The van der Waals surface area contributed by atoms with Gasteiger partial charge in [0.2, 0.25) is 0 Å². The molecule has 0 unspecified atom stereocenters. The van der Waals surface area contributed by atoms with Gasteiger partial charge in [-0.3, -0.25) is 0 Å². The van der Waals surface area contributed by atoms with Crippen LogP contribution in [0.1, 0.15) is 0 Å². The number of rotatable bonds is 0. The van der Waals surface area contributed by atoms with Crippen molar-refractivity contribution < 1.29 is 0 Å². The van der Waals surface area contributed by atoms with E-state index in [1.165, 1.54) is 16.3 Å². The number of hydrogen-bond acceptors (Lipinski definition) is 0. The fourth-order valence-corrected chi connectivity index (χ4v) is 2.41. The molecule has 2 aromatic carbocycles. The van der Waals surface area contributed by atoms with Gasteiger partial charge in [0.15, 0.2) is 0 Å². The third kappa shape index (κ3) is 1.67. The second-order valence-electron chi connectivity index (χ2n) is 3.58. The number of aromatic amines is 1. The van der Waals surface area contributed by atoms with E-state index >= 15 is 0 Å². The van der Waals surface area contributed by atoms with Crippen LogP contribution < -0.4 is 10.4 Å². The Morgan fingerprint density at radius 1 is 0.875 bits per heavy atom. The number of fused-ring (bicyclic) bond motifs is 3. The number of H-pyrrole nitrogens is 1. The molecule has 3 aromatic rings. The van der Waals surface area contributed by atoms with Crippen LogP contribution in [0.2, 0.25) is 0 Å². The first kappa shape index (κ1) is 11.9. The summed E-state index contributed by atoms with van der Waals surface area (Å²) in [6, 6.07) is 12.5. The number of nitrogens with one attached hydrogen (secondary N) is 1. The van der Waals surface area contributed by atoms with Crippen LogP contribution in [0.3, 0.4) is 0 Å². The molecule has 10 radical (unpaired) electrons. The summed E-state index contributed by atoms with van der Waals surface area (Å²) in [5, 5.41) is 4.64. The van der Waals surface area contributed by atoms with Crippen molar-refractivity contribution in [3.63, 3.8) is 0 Å². The fraction of sp³-hybridized carbons (Fsp3) is 0. The van der Waals surface area contributed by atoms with Crippen LogP contribution in [0.4, 0.5) is 0 Å². The van der Waals surface area contributed by atoms with Crippen LogP contribution in [0.25, 0.3) is 21.8 Å². The normalized spacial score (nSPS) is 10.6. The van der Waals surface area contributed by atoms with Crippen molar-refractivity contribution in [1.82, 2.24) is 4.98 Å². The van der Waals surface area contributed by atoms with E-state index in [-0.39, 0.29) is 23.9 Å². The van der Waals surface area contributed by atoms with Crippen molar-refractivity contribution in [3.05, 3.63) is 36.4 Å². The molecule has 1 heterocycles. The smallest absolute Gasteiger partial charge is 0.0739 e. The first-order valence-corrected chi connectivity index (χ1v) is 5.74. The third-order valence-corrected chi connectivity index (χ3v) is 3.87. The third-order valence-electron chi connectivity index (χ3n) is 2.68. The van der Waals surface area contributed by atoms with Gasteiger partial charge in [0.25, 0.3) is 0 Å². The molecule has 0 atom stereocenters. The Bertz CT molecular complexity index is 660. The van der Waals surface area contributed by atoms with Crippen molar-refractivity contribution in [1.29, 1.82) is 0 Å². The van der Waals surface area contributed by atoms with E-state index in [0.29, 0.717) is 0 Å². The van der Waals surface area contributed by atoms with Gasteiger partial charge in [-0.05, 0) is 11.3 Å². The minimum Gasteiger partial charge on any atom is -0.355 e. The molecule has 1 N–H and O–H groups in total. The first-order chi connectivity index (χ1) is 7.27. The quantitative estimate of drug-likeness (QED) is 0.575. The van der Waals surface area contributed by atoms with Gasteiger partial charge in [-0.15, -0.1) is 0 Å². The molecule has 0 bridgehead atoms. The summed E-state index contributed by atoms with van der Waals surface area (Å²) in [7, 11) is 7.19. The molecule has 0 spiro atoms. The van der Waals surface area contributed by atoms with Gasteiger partial charge < -0.3 is 4.98 Å². The Morgan fingerprint density at radius 2 is 1.62 bits per heavy atom. The van der Waals surface area contributed by atoms with E-state index in [0.717, 1.165) is 15.9 Å². The van der Waals surface area contributed by atoms with Crippen LogP contribution in [0, 0.1) is 0 Å². The molecule has 0 amide bonds. The summed E-state index contributed by atoms with van der Waals surface area (Å²) in [5.74, 6) is 0. The van der Waals surface area contributed by atoms with E-state index in [9.17, 15) is 0 Å². The van der Waals surface area contributed by atoms with E-state index < -0.39 is 0 Å². The molecule has 0 fully saturated rings. The zero-order valence-electron chi connectivity index (χ0n) is 8.46. The van der Waals surface area contributed by atoms with Crippen LogP contribution >= 0.6 is 0 Å². The summed E-state index contributed by atoms with van der Waals surface area (Å²) >= 11 is 0. The summed E-state index contributed by atoms with van der Waals surface area (Å²) in [6.45, 7) is 0. The van der Waals surface area contributed by atoms with Crippen LogP contribution in [0.15, 0.2) is 36.4 Å². The van der Waals surface area contributed by atoms with Gasteiger partial charge in [0.05, 0.1) is 20.5 Å². The van der Waals surface area contributed by atoms with E-state index in [1.54, 1.807) is 0 Å². The molecular weight excluding hydrogens is 333 g/mol. The first-order valence-electron chi connectivity index (χ1n) is 4.74. The van der Waals surface area contributed by atoms with Crippen molar-refractivity contribution in [2.75, 3.05) is 0 Å². The maximum atomic E-state index is 3.63. The minimum absolute atomic E-state index is 0. The van der Waals surface area contributed by atoms with Gasteiger partial charge >= 0.3 is 0 Å². The predicted molar refractivity (Wildman–Crippen MR) is 72.3 cm³/mol. The number of benzene rings is 2. The Labute approximate surface area is 117 Å². The van der Waals surface area contributed by atoms with E-state index in [1.807, 2.05) is 6.07 Å². The zero-order chi connectivity index (χ0) is 10.4. The number of hydrogen-bond donors (Lipinski definition) is 1. The Kier molecular flexibility index (Phi) is 3.27. The largest absolute Gasteiger partial charge is 0.355 e. The molecule has 16 heavy (non-hydrogen) atoms. The van der Waals surface area contributed by atoms with E-state index in [4.69, 9.17) is 0 Å². The summed E-state index contributed by atoms with van der Waals surface area (Å²) in [6.07, 6.45) is 0. The molecule has 1 nitrogen and oxygen atoms in total. The summed E-state index contributed by atoms with van der Waals surface area (Å²) in [5.41, 5.74) is 2.31. The molecule has 72 valence electrons. The monoisotopic (exact) mass is 341 g/mol. The van der Waals surface area contributed by atoms with Gasteiger partial charge in [-0.25, -0.2) is 0 Å². The number of para-hydroxylation sites is 1. The van der Waals surface area contributed by atoms with Crippen LogP contribution in [0.5, 0.6) is 0 Å². The van der Waals surface area contributed by atoms with Gasteiger partial charge in [0, 0.05) is 45.7 Å². The maximum absolute atomic E-state index is 3.63. The van der Waals surface area contributed by atoms with E-state index in [2.05, 4.69) is 55.8 Å². The predicted octanol–water partition coefficient (Wildman–Crippen LogP) is 0.528. The Morgan fingerprint density at radius 3 is 2.44 bits per heavy atom. The SMILES string of the molecule is [Si]c1ccc2c([nH]c3ccccc32)c1[Si].[Sn]. The Balaban J connectivity index is 0.000000963. The molecule has 0 saturated carbocycles.